The molecule has 0 aliphatic rings. The van der Waals surface area contributed by atoms with Gasteiger partial charge in [-0.15, -0.1) is 0 Å². The summed E-state index contributed by atoms with van der Waals surface area (Å²) in [6.45, 7) is 0.0421. The molecular formula is C18H14N4O. The topological polar surface area (TPSA) is 63.3 Å². The summed E-state index contributed by atoms with van der Waals surface area (Å²) in [4.78, 5) is 8.45. The number of hydrogen-bond acceptors (Lipinski definition) is 4. The third-order valence-electron chi connectivity index (χ3n) is 3.77. The first-order chi connectivity index (χ1) is 11.3. The molecule has 4 aromatic rings. The lowest BCUT2D eigenvalue weighted by molar-refractivity contribution is 0.282. The molecule has 0 fully saturated rings. The third kappa shape index (κ3) is 2.47. The van der Waals surface area contributed by atoms with Gasteiger partial charge in [0.15, 0.2) is 5.65 Å². The highest BCUT2D eigenvalue weighted by Gasteiger charge is 2.08. The fourth-order valence-corrected chi connectivity index (χ4v) is 2.53. The Morgan fingerprint density at radius 3 is 2.39 bits per heavy atom. The predicted octanol–water partition coefficient (Wildman–Crippen LogP) is 2.95. The molecule has 5 heteroatoms. The minimum Gasteiger partial charge on any atom is -0.392 e. The number of aromatic nitrogens is 4. The zero-order valence-corrected chi connectivity index (χ0v) is 12.3. The van der Waals surface area contributed by atoms with Gasteiger partial charge in [0.1, 0.15) is 0 Å². The van der Waals surface area contributed by atoms with Crippen LogP contribution in [0.4, 0.5) is 0 Å². The number of benzene rings is 1. The van der Waals surface area contributed by atoms with Crippen molar-refractivity contribution in [3.63, 3.8) is 0 Å². The summed E-state index contributed by atoms with van der Waals surface area (Å²) in [7, 11) is 0. The van der Waals surface area contributed by atoms with Crippen LogP contribution in [0.1, 0.15) is 5.56 Å². The van der Waals surface area contributed by atoms with Crippen LogP contribution in [0.25, 0.3) is 28.2 Å². The molecule has 3 aromatic heterocycles. The van der Waals surface area contributed by atoms with Gasteiger partial charge in [0.2, 0.25) is 0 Å². The van der Waals surface area contributed by atoms with Gasteiger partial charge < -0.3 is 5.11 Å². The van der Waals surface area contributed by atoms with Gasteiger partial charge in [0.25, 0.3) is 0 Å². The summed E-state index contributed by atoms with van der Waals surface area (Å²) in [5.74, 6) is 0. The quantitative estimate of drug-likeness (QED) is 0.632. The van der Waals surface area contributed by atoms with Crippen LogP contribution in [0.15, 0.2) is 67.1 Å². The summed E-state index contributed by atoms with van der Waals surface area (Å²) in [5, 5.41) is 13.9. The van der Waals surface area contributed by atoms with Crippen molar-refractivity contribution in [2.45, 2.75) is 6.61 Å². The van der Waals surface area contributed by atoms with E-state index in [0.29, 0.717) is 0 Å². The maximum atomic E-state index is 9.14. The summed E-state index contributed by atoms with van der Waals surface area (Å²) < 4.78 is 1.84. The van der Waals surface area contributed by atoms with Crippen molar-refractivity contribution >= 4 is 5.65 Å². The minimum absolute atomic E-state index is 0.0421. The van der Waals surface area contributed by atoms with Crippen LogP contribution in [0.5, 0.6) is 0 Å². The van der Waals surface area contributed by atoms with E-state index in [0.717, 1.165) is 33.7 Å². The van der Waals surface area contributed by atoms with Crippen LogP contribution in [0.2, 0.25) is 0 Å². The van der Waals surface area contributed by atoms with Crippen LogP contribution in [-0.2, 0) is 6.61 Å². The van der Waals surface area contributed by atoms with Crippen molar-refractivity contribution in [2.24, 2.45) is 0 Å². The molecule has 0 bridgehead atoms. The Morgan fingerprint density at radius 1 is 0.870 bits per heavy atom. The van der Waals surface area contributed by atoms with Gasteiger partial charge in [-0.05, 0) is 29.8 Å². The van der Waals surface area contributed by atoms with E-state index in [4.69, 9.17) is 10.2 Å². The molecule has 0 radical (unpaired) electrons. The molecular weight excluding hydrogens is 288 g/mol. The molecule has 4 rings (SSSR count). The number of nitrogens with zero attached hydrogens (tertiary/aromatic N) is 4. The maximum Gasteiger partial charge on any atom is 0.154 e. The maximum absolute atomic E-state index is 9.14. The summed E-state index contributed by atoms with van der Waals surface area (Å²) >= 11 is 0. The molecule has 0 amide bonds. The molecule has 0 saturated carbocycles. The summed E-state index contributed by atoms with van der Waals surface area (Å²) in [6, 6.07) is 15.5. The molecule has 0 atom stereocenters. The number of aliphatic hydroxyl groups excluding tert-OH is 1. The van der Waals surface area contributed by atoms with E-state index < -0.39 is 0 Å². The molecule has 23 heavy (non-hydrogen) atoms. The monoisotopic (exact) mass is 302 g/mol. The Kier molecular flexibility index (Phi) is 3.33. The molecule has 112 valence electrons. The number of pyridine rings is 1. The van der Waals surface area contributed by atoms with E-state index in [2.05, 4.69) is 9.97 Å². The van der Waals surface area contributed by atoms with E-state index in [-0.39, 0.29) is 6.61 Å². The molecule has 0 unspecified atom stereocenters. The highest BCUT2D eigenvalue weighted by Crippen LogP contribution is 2.22. The van der Waals surface area contributed by atoms with Crippen molar-refractivity contribution in [1.29, 1.82) is 0 Å². The number of hydrogen-bond donors (Lipinski definition) is 1. The van der Waals surface area contributed by atoms with Gasteiger partial charge in [0.05, 0.1) is 24.2 Å². The molecule has 5 nitrogen and oxygen atoms in total. The van der Waals surface area contributed by atoms with Gasteiger partial charge in [-0.1, -0.05) is 24.3 Å². The fraction of sp³-hybridized carbons (Fsp3) is 0.0556. The molecule has 1 N–H and O–H groups in total. The highest BCUT2D eigenvalue weighted by molar-refractivity contribution is 5.65. The van der Waals surface area contributed by atoms with Gasteiger partial charge in [0, 0.05) is 23.5 Å². The van der Waals surface area contributed by atoms with E-state index in [1.807, 2.05) is 59.2 Å². The van der Waals surface area contributed by atoms with Crippen molar-refractivity contribution in [2.75, 3.05) is 0 Å². The number of rotatable bonds is 3. The SMILES string of the molecule is OCc1ccc(-c2ccc3ncc(-c4ccncc4)n3n2)cc1. The zero-order valence-electron chi connectivity index (χ0n) is 12.3. The number of imidazole rings is 1. The average Bonchev–Trinajstić information content (AvgIpc) is 3.05. The highest BCUT2D eigenvalue weighted by atomic mass is 16.3. The Bertz CT molecular complexity index is 946. The molecule has 0 spiro atoms. The fourth-order valence-electron chi connectivity index (χ4n) is 2.53. The molecule has 1 aromatic carbocycles. The first-order valence-electron chi connectivity index (χ1n) is 7.30. The Morgan fingerprint density at radius 2 is 1.65 bits per heavy atom. The van der Waals surface area contributed by atoms with Crippen LogP contribution in [-0.4, -0.2) is 24.7 Å². The third-order valence-corrected chi connectivity index (χ3v) is 3.77. The lowest BCUT2D eigenvalue weighted by Gasteiger charge is -2.05. The van der Waals surface area contributed by atoms with E-state index in [1.54, 1.807) is 12.4 Å². The van der Waals surface area contributed by atoms with E-state index >= 15 is 0 Å². The van der Waals surface area contributed by atoms with E-state index in [9.17, 15) is 0 Å². The van der Waals surface area contributed by atoms with Gasteiger partial charge >= 0.3 is 0 Å². The summed E-state index contributed by atoms with van der Waals surface area (Å²) in [6.07, 6.45) is 5.33. The number of fused-ring (bicyclic) bond motifs is 1. The molecule has 0 saturated heterocycles. The first-order valence-corrected chi connectivity index (χ1v) is 7.30. The number of aliphatic hydroxyl groups is 1. The lowest BCUT2D eigenvalue weighted by Crippen LogP contribution is -1.97. The molecule has 0 aliphatic heterocycles. The van der Waals surface area contributed by atoms with Gasteiger partial charge in [-0.3, -0.25) is 4.98 Å². The Balaban J connectivity index is 1.83. The van der Waals surface area contributed by atoms with Crippen molar-refractivity contribution in [3.05, 3.63) is 72.7 Å². The summed E-state index contributed by atoms with van der Waals surface area (Å²) in [5.41, 5.74) is 5.49. The van der Waals surface area contributed by atoms with E-state index in [1.165, 1.54) is 0 Å². The van der Waals surface area contributed by atoms with Crippen LogP contribution < -0.4 is 0 Å². The second kappa shape index (κ2) is 5.62. The Hall–Kier alpha value is -3.05. The average molecular weight is 302 g/mol. The largest absolute Gasteiger partial charge is 0.392 e. The minimum atomic E-state index is 0.0421. The standard InChI is InChI=1S/C18H14N4O/c23-12-13-1-3-14(4-2-13)16-5-6-18-20-11-17(22(18)21-16)15-7-9-19-10-8-15/h1-11,23H,12H2. The lowest BCUT2D eigenvalue weighted by atomic mass is 10.1. The second-order valence-corrected chi connectivity index (χ2v) is 5.22. The van der Waals surface area contributed by atoms with Crippen LogP contribution >= 0.6 is 0 Å². The first kappa shape index (κ1) is 13.6. The normalized spacial score (nSPS) is 11.0. The zero-order chi connectivity index (χ0) is 15.6. The Labute approximate surface area is 132 Å². The van der Waals surface area contributed by atoms with Crippen molar-refractivity contribution < 1.29 is 5.11 Å². The molecule has 0 aliphatic carbocycles. The van der Waals surface area contributed by atoms with Gasteiger partial charge in [-0.25, -0.2) is 9.50 Å². The van der Waals surface area contributed by atoms with Crippen LogP contribution in [0, 0.1) is 0 Å². The second-order valence-electron chi connectivity index (χ2n) is 5.22. The van der Waals surface area contributed by atoms with Gasteiger partial charge in [-0.2, -0.15) is 5.10 Å². The van der Waals surface area contributed by atoms with Crippen LogP contribution in [0.3, 0.4) is 0 Å². The van der Waals surface area contributed by atoms with Crippen molar-refractivity contribution in [1.82, 2.24) is 19.6 Å². The smallest absolute Gasteiger partial charge is 0.154 e. The molecule has 3 heterocycles. The predicted molar refractivity (Wildman–Crippen MR) is 87.6 cm³/mol. The van der Waals surface area contributed by atoms with Crippen molar-refractivity contribution in [3.8, 4) is 22.5 Å².